The lowest BCUT2D eigenvalue weighted by atomic mass is 10.0. The van der Waals surface area contributed by atoms with E-state index < -0.39 is 0 Å². The molecule has 0 aliphatic carbocycles. The third-order valence-corrected chi connectivity index (χ3v) is 6.93. The summed E-state index contributed by atoms with van der Waals surface area (Å²) in [5.74, 6) is 2.30. The average Bonchev–Trinajstić information content (AvgIpc) is 3.20. The van der Waals surface area contributed by atoms with Gasteiger partial charge in [0.25, 0.3) is 0 Å². The molecule has 8 nitrogen and oxygen atoms in total. The molecule has 0 amide bonds. The standard InChI is InChI=1S/C29H40N6O2/c1-5-6-14-31-28-27-26(33-29(30)34-28)22-9-7-8-10-24(22)35(27)18-21-16-20(11-12-25(21)37-4)17-32-23(13-15-36)19(2)3/h7-12,16,19,23,32,36H,5-6,13-15,17-18H2,1-4H3,(H3,30,31,33,34)/t23-/m1/s1. The summed E-state index contributed by atoms with van der Waals surface area (Å²) in [6.45, 7) is 8.84. The molecule has 0 spiro atoms. The summed E-state index contributed by atoms with van der Waals surface area (Å²) in [6, 6.07) is 14.9. The van der Waals surface area contributed by atoms with E-state index in [0.29, 0.717) is 12.5 Å². The lowest BCUT2D eigenvalue weighted by Crippen LogP contribution is -2.34. The normalized spacial score (nSPS) is 12.5. The summed E-state index contributed by atoms with van der Waals surface area (Å²) in [4.78, 5) is 9.23. The molecule has 0 bridgehead atoms. The van der Waals surface area contributed by atoms with Crippen LogP contribution in [-0.4, -0.2) is 45.9 Å². The van der Waals surface area contributed by atoms with Gasteiger partial charge < -0.3 is 30.8 Å². The average molecular weight is 505 g/mol. The van der Waals surface area contributed by atoms with Crippen molar-refractivity contribution < 1.29 is 9.84 Å². The fourth-order valence-electron chi connectivity index (χ4n) is 4.91. The van der Waals surface area contributed by atoms with Crippen LogP contribution in [0, 0.1) is 5.92 Å². The minimum atomic E-state index is 0.179. The number of nitrogens with one attached hydrogen (secondary N) is 2. The Morgan fingerprint density at radius 3 is 2.68 bits per heavy atom. The van der Waals surface area contributed by atoms with E-state index in [1.54, 1.807) is 7.11 Å². The van der Waals surface area contributed by atoms with Gasteiger partial charge >= 0.3 is 0 Å². The zero-order valence-electron chi connectivity index (χ0n) is 22.4. The van der Waals surface area contributed by atoms with Crippen molar-refractivity contribution in [3.63, 3.8) is 0 Å². The zero-order valence-corrected chi connectivity index (χ0v) is 22.4. The summed E-state index contributed by atoms with van der Waals surface area (Å²) in [5.41, 5.74) is 11.2. The molecule has 4 rings (SSSR count). The molecular formula is C29H40N6O2. The van der Waals surface area contributed by atoms with Crippen molar-refractivity contribution in [2.75, 3.05) is 31.3 Å². The molecule has 0 saturated carbocycles. The molecule has 1 atom stereocenters. The first-order chi connectivity index (χ1) is 18.0. The SMILES string of the molecule is CCCCNc1nc(N)nc2c3ccccc3n(Cc3cc(CN[C@H](CCO)C(C)C)ccc3OC)c12. The third kappa shape index (κ3) is 5.97. The number of fused-ring (bicyclic) bond motifs is 3. The van der Waals surface area contributed by atoms with Crippen molar-refractivity contribution in [1.82, 2.24) is 19.9 Å². The van der Waals surface area contributed by atoms with Gasteiger partial charge in [0.2, 0.25) is 5.95 Å². The smallest absolute Gasteiger partial charge is 0.222 e. The lowest BCUT2D eigenvalue weighted by Gasteiger charge is -2.22. The first-order valence-corrected chi connectivity index (χ1v) is 13.2. The molecule has 0 aliphatic heterocycles. The highest BCUT2D eigenvalue weighted by molar-refractivity contribution is 6.09. The van der Waals surface area contributed by atoms with E-state index in [2.05, 4.69) is 70.2 Å². The minimum Gasteiger partial charge on any atom is -0.496 e. The number of aromatic nitrogens is 3. The number of para-hydroxylation sites is 1. The zero-order chi connectivity index (χ0) is 26.4. The Balaban J connectivity index is 1.76. The quantitative estimate of drug-likeness (QED) is 0.191. The monoisotopic (exact) mass is 504 g/mol. The molecule has 2 aromatic carbocycles. The molecule has 0 aliphatic rings. The predicted octanol–water partition coefficient (Wildman–Crippen LogP) is 4.93. The summed E-state index contributed by atoms with van der Waals surface area (Å²) in [7, 11) is 1.71. The lowest BCUT2D eigenvalue weighted by molar-refractivity contribution is 0.244. The van der Waals surface area contributed by atoms with E-state index in [-0.39, 0.29) is 18.6 Å². The molecule has 2 aromatic heterocycles. The maximum absolute atomic E-state index is 9.44. The van der Waals surface area contributed by atoms with E-state index in [0.717, 1.165) is 71.4 Å². The van der Waals surface area contributed by atoms with Crippen LogP contribution >= 0.6 is 0 Å². The molecule has 37 heavy (non-hydrogen) atoms. The van der Waals surface area contributed by atoms with Crippen molar-refractivity contribution in [2.45, 2.75) is 59.2 Å². The van der Waals surface area contributed by atoms with Gasteiger partial charge in [0.1, 0.15) is 16.8 Å². The molecule has 5 N–H and O–H groups in total. The number of nitrogens with zero attached hydrogens (tertiary/aromatic N) is 3. The summed E-state index contributed by atoms with van der Waals surface area (Å²) in [5, 5.41) is 17.6. The largest absolute Gasteiger partial charge is 0.496 e. The number of rotatable bonds is 13. The number of aliphatic hydroxyl groups excluding tert-OH is 1. The van der Waals surface area contributed by atoms with Crippen LogP contribution in [0.1, 0.15) is 51.2 Å². The van der Waals surface area contributed by atoms with Crippen molar-refractivity contribution >= 4 is 33.7 Å². The number of anilines is 2. The van der Waals surface area contributed by atoms with Gasteiger partial charge in [-0.15, -0.1) is 0 Å². The molecule has 0 radical (unpaired) electrons. The second-order valence-electron chi connectivity index (χ2n) is 9.90. The summed E-state index contributed by atoms with van der Waals surface area (Å²) >= 11 is 0. The molecule has 0 unspecified atom stereocenters. The van der Waals surface area contributed by atoms with E-state index in [4.69, 9.17) is 10.5 Å². The van der Waals surface area contributed by atoms with E-state index in [9.17, 15) is 5.11 Å². The number of aliphatic hydroxyl groups is 1. The fraction of sp³-hybridized carbons (Fsp3) is 0.448. The number of nitrogens with two attached hydrogens (primary N) is 1. The highest BCUT2D eigenvalue weighted by atomic mass is 16.5. The van der Waals surface area contributed by atoms with Gasteiger partial charge in [-0.05, 0) is 42.5 Å². The maximum atomic E-state index is 9.44. The molecule has 0 saturated heterocycles. The van der Waals surface area contributed by atoms with Gasteiger partial charge in [-0.3, -0.25) is 0 Å². The summed E-state index contributed by atoms with van der Waals surface area (Å²) in [6.07, 6.45) is 2.87. The van der Waals surface area contributed by atoms with Gasteiger partial charge in [0, 0.05) is 36.7 Å². The van der Waals surface area contributed by atoms with Crippen LogP contribution < -0.4 is 21.1 Å². The third-order valence-electron chi connectivity index (χ3n) is 6.93. The molecule has 8 heteroatoms. The van der Waals surface area contributed by atoms with Crippen LogP contribution in [0.2, 0.25) is 0 Å². The van der Waals surface area contributed by atoms with Crippen LogP contribution in [0.5, 0.6) is 5.75 Å². The number of nitrogen functional groups attached to an aromatic ring is 1. The van der Waals surface area contributed by atoms with Crippen molar-refractivity contribution in [1.29, 1.82) is 0 Å². The number of hydrogen-bond acceptors (Lipinski definition) is 7. The Morgan fingerprint density at radius 1 is 1.14 bits per heavy atom. The van der Waals surface area contributed by atoms with E-state index in [1.807, 2.05) is 18.2 Å². The molecular weight excluding hydrogens is 464 g/mol. The van der Waals surface area contributed by atoms with Crippen LogP contribution in [0.15, 0.2) is 42.5 Å². The van der Waals surface area contributed by atoms with Crippen LogP contribution in [0.25, 0.3) is 21.9 Å². The first kappa shape index (κ1) is 26.7. The van der Waals surface area contributed by atoms with E-state index in [1.165, 1.54) is 5.56 Å². The van der Waals surface area contributed by atoms with Gasteiger partial charge in [-0.25, -0.2) is 4.98 Å². The Hall–Kier alpha value is -3.36. The molecule has 0 fully saturated rings. The van der Waals surface area contributed by atoms with Crippen LogP contribution in [0.3, 0.4) is 0 Å². The van der Waals surface area contributed by atoms with E-state index >= 15 is 0 Å². The Bertz CT molecular complexity index is 1330. The molecule has 198 valence electrons. The highest BCUT2D eigenvalue weighted by Gasteiger charge is 2.19. The Kier molecular flexibility index (Phi) is 8.84. The maximum Gasteiger partial charge on any atom is 0.222 e. The minimum absolute atomic E-state index is 0.179. The van der Waals surface area contributed by atoms with Gasteiger partial charge in [0.05, 0.1) is 19.2 Å². The number of unbranched alkanes of at least 4 members (excludes halogenated alkanes) is 1. The number of ether oxygens (including phenoxy) is 1. The van der Waals surface area contributed by atoms with Crippen LogP contribution in [-0.2, 0) is 13.1 Å². The number of methoxy groups -OCH3 is 1. The Morgan fingerprint density at radius 2 is 1.95 bits per heavy atom. The highest BCUT2D eigenvalue weighted by Crippen LogP contribution is 2.34. The van der Waals surface area contributed by atoms with Crippen molar-refractivity contribution in [3.05, 3.63) is 53.6 Å². The summed E-state index contributed by atoms with van der Waals surface area (Å²) < 4.78 is 8.03. The number of benzene rings is 2. The fourth-order valence-corrected chi connectivity index (χ4v) is 4.91. The number of hydrogen-bond donors (Lipinski definition) is 4. The molecule has 4 aromatic rings. The van der Waals surface area contributed by atoms with Gasteiger partial charge in [-0.1, -0.05) is 51.5 Å². The van der Waals surface area contributed by atoms with Crippen molar-refractivity contribution in [2.24, 2.45) is 5.92 Å². The predicted molar refractivity (Wildman–Crippen MR) is 152 cm³/mol. The molecule has 2 heterocycles. The second kappa shape index (κ2) is 12.3. The Labute approximate surface area is 219 Å². The topological polar surface area (TPSA) is 110 Å². The van der Waals surface area contributed by atoms with Gasteiger partial charge in [-0.2, -0.15) is 4.98 Å². The van der Waals surface area contributed by atoms with Crippen molar-refractivity contribution in [3.8, 4) is 5.75 Å². The van der Waals surface area contributed by atoms with Crippen LogP contribution in [0.4, 0.5) is 11.8 Å². The second-order valence-corrected chi connectivity index (χ2v) is 9.90. The first-order valence-electron chi connectivity index (χ1n) is 13.2. The van der Waals surface area contributed by atoms with Gasteiger partial charge in [0.15, 0.2) is 5.82 Å².